The van der Waals surface area contributed by atoms with Crippen molar-refractivity contribution in [2.24, 2.45) is 0 Å². The molecule has 0 aromatic heterocycles. The highest BCUT2D eigenvalue weighted by atomic mass is 79.9. The molecule has 0 bridgehead atoms. The molecule has 1 N–H and O–H groups in total. The molecule has 0 unspecified atom stereocenters. The lowest BCUT2D eigenvalue weighted by Gasteiger charge is -2.28. The third kappa shape index (κ3) is 7.49. The van der Waals surface area contributed by atoms with Gasteiger partial charge in [-0.3, -0.25) is 9.59 Å². The number of benzene rings is 2. The van der Waals surface area contributed by atoms with Gasteiger partial charge in [0.15, 0.2) is 6.61 Å². The summed E-state index contributed by atoms with van der Waals surface area (Å²) < 4.78 is 19.4. The van der Waals surface area contributed by atoms with E-state index in [0.717, 1.165) is 22.9 Å². The number of halogens is 2. The number of hydrogen-bond donors (Lipinski definition) is 1. The molecule has 0 heterocycles. The van der Waals surface area contributed by atoms with Crippen molar-refractivity contribution in [3.05, 3.63) is 64.4 Å². The molecule has 0 fully saturated rings. The van der Waals surface area contributed by atoms with E-state index >= 15 is 0 Å². The monoisotopic (exact) mass is 464 g/mol. The topological polar surface area (TPSA) is 58.6 Å². The zero-order valence-corrected chi connectivity index (χ0v) is 18.2. The van der Waals surface area contributed by atoms with E-state index in [1.54, 1.807) is 6.92 Å². The van der Waals surface area contributed by atoms with Crippen LogP contribution < -0.4 is 10.1 Å². The zero-order chi connectivity index (χ0) is 21.2. The summed E-state index contributed by atoms with van der Waals surface area (Å²) >= 11 is 3.43. The number of carbonyl (C=O) groups excluding carboxylic acids is 2. The fourth-order valence-electron chi connectivity index (χ4n) is 2.71. The molecule has 0 aliphatic rings. The van der Waals surface area contributed by atoms with Crippen LogP contribution in [0.2, 0.25) is 0 Å². The molecule has 2 aromatic carbocycles. The number of unbranched alkanes of at least 4 members (excludes halogenated alkanes) is 1. The highest BCUT2D eigenvalue weighted by molar-refractivity contribution is 9.10. The Morgan fingerprint density at radius 1 is 1.21 bits per heavy atom. The fourth-order valence-corrected chi connectivity index (χ4v) is 3.16. The summed E-state index contributed by atoms with van der Waals surface area (Å²) in [7, 11) is 0. The van der Waals surface area contributed by atoms with Gasteiger partial charge in [0, 0.05) is 17.6 Å². The molecule has 5 nitrogen and oxygen atoms in total. The number of nitrogens with one attached hydrogen (secondary N) is 1. The van der Waals surface area contributed by atoms with E-state index in [9.17, 15) is 14.0 Å². The van der Waals surface area contributed by atoms with Crippen LogP contribution in [-0.2, 0) is 16.1 Å². The van der Waals surface area contributed by atoms with Crippen molar-refractivity contribution in [2.75, 3.05) is 13.2 Å². The summed E-state index contributed by atoms with van der Waals surface area (Å²) in [6, 6.07) is 12.4. The van der Waals surface area contributed by atoms with E-state index in [1.807, 2.05) is 31.2 Å². The van der Waals surface area contributed by atoms with Crippen LogP contribution in [0.25, 0.3) is 0 Å². The molecule has 2 amide bonds. The van der Waals surface area contributed by atoms with E-state index in [-0.39, 0.29) is 30.8 Å². The maximum atomic E-state index is 13.0. The number of hydrogen-bond acceptors (Lipinski definition) is 3. The summed E-state index contributed by atoms with van der Waals surface area (Å²) in [5.41, 5.74) is 0.891. The first-order valence-electron chi connectivity index (χ1n) is 9.60. The summed E-state index contributed by atoms with van der Waals surface area (Å²) in [4.78, 5) is 26.9. The lowest BCUT2D eigenvalue weighted by atomic mass is 10.1. The second-order valence-corrected chi connectivity index (χ2v) is 7.63. The van der Waals surface area contributed by atoms with Gasteiger partial charge in [-0.05, 0) is 55.3 Å². The molecule has 2 aromatic rings. The van der Waals surface area contributed by atoms with Crippen LogP contribution in [0.1, 0.15) is 32.3 Å². The summed E-state index contributed by atoms with van der Waals surface area (Å²) in [6.45, 7) is 4.35. The number of amides is 2. The van der Waals surface area contributed by atoms with Gasteiger partial charge in [-0.15, -0.1) is 0 Å². The van der Waals surface area contributed by atoms with Gasteiger partial charge >= 0.3 is 0 Å². The molecule has 0 saturated heterocycles. The maximum Gasteiger partial charge on any atom is 0.261 e. The molecule has 0 saturated carbocycles. The maximum absolute atomic E-state index is 13.0. The molecule has 0 aliphatic heterocycles. The lowest BCUT2D eigenvalue weighted by Crippen LogP contribution is -2.49. The standard InChI is InChI=1S/C22H26BrFN2O3/c1-3-4-12-25-22(28)16(2)26(14-17-6-5-7-18(23)13-17)21(27)15-29-20-10-8-19(24)9-11-20/h5-11,13,16H,3-4,12,14-15H2,1-2H3,(H,25,28)/t16-/m0/s1. The third-order valence-electron chi connectivity index (χ3n) is 4.41. The van der Waals surface area contributed by atoms with Crippen LogP contribution in [0.5, 0.6) is 5.75 Å². The first-order chi connectivity index (χ1) is 13.9. The first kappa shape index (κ1) is 22.9. The molecule has 1 atom stereocenters. The minimum atomic E-state index is -0.657. The molecule has 0 aliphatic carbocycles. The van der Waals surface area contributed by atoms with E-state index in [4.69, 9.17) is 4.74 Å². The van der Waals surface area contributed by atoms with E-state index in [2.05, 4.69) is 21.2 Å². The molecule has 7 heteroatoms. The molecule has 0 radical (unpaired) electrons. The van der Waals surface area contributed by atoms with Gasteiger partial charge in [0.25, 0.3) is 5.91 Å². The summed E-state index contributed by atoms with van der Waals surface area (Å²) in [6.07, 6.45) is 1.85. The van der Waals surface area contributed by atoms with Crippen LogP contribution in [0.3, 0.4) is 0 Å². The van der Waals surface area contributed by atoms with Crippen molar-refractivity contribution >= 4 is 27.7 Å². The summed E-state index contributed by atoms with van der Waals surface area (Å²) in [5.74, 6) is -0.518. The predicted octanol–water partition coefficient (Wildman–Crippen LogP) is 4.30. The Morgan fingerprint density at radius 2 is 1.93 bits per heavy atom. The minimum absolute atomic E-state index is 0.205. The number of rotatable bonds is 10. The molecule has 2 rings (SSSR count). The Balaban J connectivity index is 2.10. The average molecular weight is 465 g/mol. The Kier molecular flexibility index (Phi) is 9.12. The molecule has 0 spiro atoms. The van der Waals surface area contributed by atoms with Crippen molar-refractivity contribution in [1.29, 1.82) is 0 Å². The van der Waals surface area contributed by atoms with Gasteiger partial charge < -0.3 is 15.0 Å². The Morgan fingerprint density at radius 3 is 2.59 bits per heavy atom. The second kappa shape index (κ2) is 11.6. The highest BCUT2D eigenvalue weighted by Crippen LogP contribution is 2.16. The third-order valence-corrected chi connectivity index (χ3v) is 4.91. The van der Waals surface area contributed by atoms with Crippen LogP contribution in [-0.4, -0.2) is 35.9 Å². The van der Waals surface area contributed by atoms with Crippen LogP contribution in [0.4, 0.5) is 4.39 Å². The molecular weight excluding hydrogens is 439 g/mol. The lowest BCUT2D eigenvalue weighted by molar-refractivity contribution is -0.142. The van der Waals surface area contributed by atoms with Gasteiger partial charge in [-0.25, -0.2) is 4.39 Å². The normalized spacial score (nSPS) is 11.6. The van der Waals surface area contributed by atoms with Crippen LogP contribution in [0, 0.1) is 5.82 Å². The van der Waals surface area contributed by atoms with E-state index < -0.39 is 6.04 Å². The fraction of sp³-hybridized carbons (Fsp3) is 0.364. The van der Waals surface area contributed by atoms with Crippen molar-refractivity contribution in [2.45, 2.75) is 39.3 Å². The van der Waals surface area contributed by atoms with Crippen LogP contribution in [0.15, 0.2) is 53.0 Å². The van der Waals surface area contributed by atoms with Crippen molar-refractivity contribution < 1.29 is 18.7 Å². The molecule has 156 valence electrons. The highest BCUT2D eigenvalue weighted by Gasteiger charge is 2.26. The number of ether oxygens (including phenoxy) is 1. The SMILES string of the molecule is CCCCNC(=O)[C@H](C)N(Cc1cccc(Br)c1)C(=O)COc1ccc(F)cc1. The molecular formula is C22H26BrFN2O3. The van der Waals surface area contributed by atoms with Gasteiger partial charge in [-0.1, -0.05) is 41.4 Å². The van der Waals surface area contributed by atoms with Crippen molar-refractivity contribution in [3.8, 4) is 5.75 Å². The molecule has 29 heavy (non-hydrogen) atoms. The Hall–Kier alpha value is -2.41. The van der Waals surface area contributed by atoms with Crippen LogP contribution >= 0.6 is 15.9 Å². The average Bonchev–Trinajstić information content (AvgIpc) is 2.71. The van der Waals surface area contributed by atoms with Crippen molar-refractivity contribution in [3.63, 3.8) is 0 Å². The summed E-state index contributed by atoms with van der Waals surface area (Å²) in [5, 5.41) is 2.87. The Labute approximate surface area is 179 Å². The van der Waals surface area contributed by atoms with E-state index in [0.29, 0.717) is 12.3 Å². The quantitative estimate of drug-likeness (QED) is 0.533. The van der Waals surface area contributed by atoms with E-state index in [1.165, 1.54) is 29.2 Å². The largest absolute Gasteiger partial charge is 0.484 e. The first-order valence-corrected chi connectivity index (χ1v) is 10.4. The van der Waals surface area contributed by atoms with Gasteiger partial charge in [0.05, 0.1) is 0 Å². The predicted molar refractivity (Wildman–Crippen MR) is 114 cm³/mol. The van der Waals surface area contributed by atoms with Crippen molar-refractivity contribution in [1.82, 2.24) is 10.2 Å². The second-order valence-electron chi connectivity index (χ2n) is 6.71. The van der Waals surface area contributed by atoms with Gasteiger partial charge in [0.1, 0.15) is 17.6 Å². The number of nitrogens with zero attached hydrogens (tertiary/aromatic N) is 1. The zero-order valence-electron chi connectivity index (χ0n) is 16.7. The smallest absolute Gasteiger partial charge is 0.261 e. The number of carbonyl (C=O) groups is 2. The van der Waals surface area contributed by atoms with Gasteiger partial charge in [0.2, 0.25) is 5.91 Å². The van der Waals surface area contributed by atoms with Gasteiger partial charge in [-0.2, -0.15) is 0 Å². The minimum Gasteiger partial charge on any atom is -0.484 e. The Bertz CT molecular complexity index is 814.